The number of rotatable bonds is 20. The molecule has 0 aliphatic rings. The van der Waals surface area contributed by atoms with Crippen LogP contribution in [-0.2, 0) is 14.3 Å². The standard InChI is InChI=1S/C21H41NO3SSe/c1-4-5-6-7-8-9-10-11-12-13-14-15-17-25-21(24)20(16-18-26-3)22-27-19(2)23/h20,22H,4-18H2,1-3H3. The molecule has 27 heavy (non-hydrogen) atoms. The summed E-state index contributed by atoms with van der Waals surface area (Å²) in [6, 6.07) is -0.335. The maximum atomic E-state index is 12.2. The van der Waals surface area contributed by atoms with E-state index in [9.17, 15) is 9.59 Å². The Morgan fingerprint density at radius 2 is 1.44 bits per heavy atom. The van der Waals surface area contributed by atoms with E-state index in [1.165, 1.54) is 64.2 Å². The molecular formula is C21H41NO3SSe. The predicted molar refractivity (Wildman–Crippen MR) is 118 cm³/mol. The Labute approximate surface area is 178 Å². The van der Waals surface area contributed by atoms with Gasteiger partial charge in [0.2, 0.25) is 0 Å². The van der Waals surface area contributed by atoms with Crippen LogP contribution in [0.1, 0.15) is 97.3 Å². The average Bonchev–Trinajstić information content (AvgIpc) is 2.65. The molecule has 0 bridgehead atoms. The van der Waals surface area contributed by atoms with Gasteiger partial charge in [-0.3, -0.25) is 0 Å². The van der Waals surface area contributed by atoms with Gasteiger partial charge in [0.15, 0.2) is 0 Å². The average molecular weight is 467 g/mol. The number of carbonyl (C=O) groups excluding carboxylic acids is 2. The molecule has 0 saturated carbocycles. The van der Waals surface area contributed by atoms with Gasteiger partial charge in [-0.25, -0.2) is 0 Å². The number of nitrogens with one attached hydrogen (secondary N) is 1. The molecule has 1 unspecified atom stereocenters. The molecular weight excluding hydrogens is 425 g/mol. The molecule has 1 atom stereocenters. The van der Waals surface area contributed by atoms with Gasteiger partial charge in [0.05, 0.1) is 0 Å². The zero-order chi connectivity index (χ0) is 20.2. The molecule has 1 N–H and O–H groups in total. The molecule has 0 heterocycles. The molecule has 0 amide bonds. The van der Waals surface area contributed by atoms with Crippen LogP contribution in [0.25, 0.3) is 0 Å². The fraction of sp³-hybridized carbons (Fsp3) is 0.905. The van der Waals surface area contributed by atoms with Crippen molar-refractivity contribution in [3.05, 3.63) is 0 Å². The van der Waals surface area contributed by atoms with E-state index in [-0.39, 0.29) is 31.9 Å². The van der Waals surface area contributed by atoms with Crippen molar-refractivity contribution in [3.63, 3.8) is 0 Å². The third-order valence-electron chi connectivity index (χ3n) is 4.48. The monoisotopic (exact) mass is 467 g/mol. The van der Waals surface area contributed by atoms with Crippen LogP contribution in [0.4, 0.5) is 0 Å². The van der Waals surface area contributed by atoms with Crippen LogP contribution in [0.5, 0.6) is 0 Å². The van der Waals surface area contributed by atoms with Crippen molar-refractivity contribution < 1.29 is 14.3 Å². The van der Waals surface area contributed by atoms with Gasteiger partial charge in [0.25, 0.3) is 0 Å². The minimum atomic E-state index is -0.335. The third kappa shape index (κ3) is 19.1. The first-order chi connectivity index (χ1) is 13.1. The molecule has 0 aromatic carbocycles. The van der Waals surface area contributed by atoms with E-state index in [2.05, 4.69) is 11.3 Å². The quantitative estimate of drug-likeness (QED) is 0.154. The van der Waals surface area contributed by atoms with Crippen LogP contribution in [0, 0.1) is 0 Å². The molecule has 6 heteroatoms. The number of unbranched alkanes of at least 4 members (excludes halogenated alkanes) is 11. The van der Waals surface area contributed by atoms with Crippen LogP contribution < -0.4 is 4.33 Å². The van der Waals surface area contributed by atoms with Crippen LogP contribution >= 0.6 is 11.8 Å². The van der Waals surface area contributed by atoms with Gasteiger partial charge in [-0.15, -0.1) is 0 Å². The van der Waals surface area contributed by atoms with Gasteiger partial charge in [0, 0.05) is 0 Å². The number of carbonyl (C=O) groups is 2. The predicted octanol–water partition coefficient (Wildman–Crippen LogP) is 5.11. The van der Waals surface area contributed by atoms with Crippen LogP contribution in [0.3, 0.4) is 0 Å². The topological polar surface area (TPSA) is 55.4 Å². The number of esters is 1. The second-order valence-electron chi connectivity index (χ2n) is 7.10. The molecule has 0 spiro atoms. The maximum absolute atomic E-state index is 12.2. The Hall–Kier alpha value is -0.0305. The fourth-order valence-electron chi connectivity index (χ4n) is 2.83. The summed E-state index contributed by atoms with van der Waals surface area (Å²) >= 11 is 1.37. The first-order valence-electron chi connectivity index (χ1n) is 10.7. The van der Waals surface area contributed by atoms with Gasteiger partial charge in [-0.05, 0) is 0 Å². The Morgan fingerprint density at radius 3 is 1.93 bits per heavy atom. The van der Waals surface area contributed by atoms with E-state index >= 15 is 0 Å². The fourth-order valence-corrected chi connectivity index (χ4v) is 4.40. The van der Waals surface area contributed by atoms with Crippen molar-refractivity contribution in [2.75, 3.05) is 18.6 Å². The van der Waals surface area contributed by atoms with Crippen LogP contribution in [0.15, 0.2) is 0 Å². The SMILES string of the molecule is CCCCCCCCCCCCCCOC(=O)C(CCSC)N[Se]C(C)=O. The molecule has 0 aliphatic heterocycles. The van der Waals surface area contributed by atoms with Gasteiger partial charge in [-0.2, -0.15) is 0 Å². The summed E-state index contributed by atoms with van der Waals surface area (Å²) in [5, 5.41) is 0. The summed E-state index contributed by atoms with van der Waals surface area (Å²) in [4.78, 5) is 23.3. The summed E-state index contributed by atoms with van der Waals surface area (Å²) in [7, 11) is 0. The van der Waals surface area contributed by atoms with E-state index in [0.29, 0.717) is 13.0 Å². The van der Waals surface area contributed by atoms with E-state index in [1.807, 2.05) is 6.26 Å². The Bertz CT molecular complexity index is 369. The zero-order valence-electron chi connectivity index (χ0n) is 17.7. The minimum absolute atomic E-state index is 0.102. The van der Waals surface area contributed by atoms with Gasteiger partial charge in [-0.1, -0.05) is 39.0 Å². The molecule has 160 valence electrons. The third-order valence-corrected chi connectivity index (χ3v) is 6.57. The number of hydrogen-bond acceptors (Lipinski definition) is 5. The summed E-state index contributed by atoms with van der Waals surface area (Å²) in [6.45, 7) is 4.31. The number of thioether (sulfide) groups is 1. The molecule has 0 fully saturated rings. The first kappa shape index (κ1) is 27.0. The summed E-state index contributed by atoms with van der Waals surface area (Å²) in [5.41, 5.74) is 0. The second-order valence-corrected chi connectivity index (χ2v) is 10.2. The second kappa shape index (κ2) is 20.7. The van der Waals surface area contributed by atoms with Gasteiger partial charge < -0.3 is 0 Å². The molecule has 0 aromatic heterocycles. The van der Waals surface area contributed by atoms with Gasteiger partial charge in [0.1, 0.15) is 0 Å². The van der Waals surface area contributed by atoms with Crippen molar-refractivity contribution in [1.29, 1.82) is 0 Å². The summed E-state index contributed by atoms with van der Waals surface area (Å²) < 4.78 is 8.59. The normalized spacial score (nSPS) is 12.1. The molecule has 4 nitrogen and oxygen atoms in total. The Kier molecular flexibility index (Phi) is 20.7. The van der Waals surface area contributed by atoms with E-state index in [0.717, 1.165) is 18.6 Å². The Morgan fingerprint density at radius 1 is 0.926 bits per heavy atom. The molecule has 0 aliphatic carbocycles. The molecule has 0 radical (unpaired) electrons. The molecule has 0 saturated heterocycles. The summed E-state index contributed by atoms with van der Waals surface area (Å²) in [5.74, 6) is 0.689. The molecule has 0 rings (SSSR count). The van der Waals surface area contributed by atoms with Gasteiger partial charge >= 0.3 is 139 Å². The first-order valence-corrected chi connectivity index (χ1v) is 13.8. The van der Waals surface area contributed by atoms with Crippen molar-refractivity contribution >= 4 is 37.6 Å². The van der Waals surface area contributed by atoms with E-state index < -0.39 is 0 Å². The summed E-state index contributed by atoms with van der Waals surface area (Å²) in [6.07, 6.45) is 18.3. The van der Waals surface area contributed by atoms with Crippen LogP contribution in [0.2, 0.25) is 0 Å². The number of hydrogen-bond donors (Lipinski definition) is 1. The zero-order valence-corrected chi connectivity index (χ0v) is 20.3. The van der Waals surface area contributed by atoms with Crippen molar-refractivity contribution in [1.82, 2.24) is 4.33 Å². The van der Waals surface area contributed by atoms with E-state index in [1.54, 1.807) is 18.7 Å². The van der Waals surface area contributed by atoms with Crippen molar-refractivity contribution in [2.24, 2.45) is 0 Å². The van der Waals surface area contributed by atoms with Crippen molar-refractivity contribution in [2.45, 2.75) is 103 Å². The Balaban J connectivity index is 3.57. The van der Waals surface area contributed by atoms with Crippen LogP contribution in [-0.4, -0.2) is 50.5 Å². The van der Waals surface area contributed by atoms with Crippen molar-refractivity contribution in [3.8, 4) is 0 Å². The number of ether oxygens (including phenoxy) is 1. The molecule has 0 aromatic rings. The van der Waals surface area contributed by atoms with E-state index in [4.69, 9.17) is 4.74 Å².